The Balaban J connectivity index is 2.00. The van der Waals surface area contributed by atoms with E-state index in [2.05, 4.69) is 61.0 Å². The van der Waals surface area contributed by atoms with Crippen molar-refractivity contribution in [3.63, 3.8) is 0 Å². The van der Waals surface area contributed by atoms with Gasteiger partial charge in [-0.2, -0.15) is 0 Å². The van der Waals surface area contributed by atoms with Crippen molar-refractivity contribution in [2.45, 2.75) is 32.5 Å². The molecule has 1 aliphatic heterocycles. The summed E-state index contributed by atoms with van der Waals surface area (Å²) in [6.45, 7) is 8.07. The first-order chi connectivity index (χ1) is 7.66. The van der Waals surface area contributed by atoms with Crippen LogP contribution in [0.1, 0.15) is 19.4 Å². The predicted molar refractivity (Wildman–Crippen MR) is 68.4 cm³/mol. The lowest BCUT2D eigenvalue weighted by molar-refractivity contribution is 0.0546. The molecule has 88 valence electrons. The lowest BCUT2D eigenvalue weighted by Crippen LogP contribution is -2.54. The maximum Gasteiger partial charge on any atom is 0.0237 e. The van der Waals surface area contributed by atoms with Crippen molar-refractivity contribution in [1.29, 1.82) is 0 Å². The molecular weight excluding hydrogens is 196 g/mol. The lowest BCUT2D eigenvalue weighted by atomic mass is 10.1. The molecule has 1 fully saturated rings. The topological polar surface area (TPSA) is 6.48 Å². The molecule has 16 heavy (non-hydrogen) atoms. The van der Waals surface area contributed by atoms with Crippen molar-refractivity contribution in [3.05, 3.63) is 35.9 Å². The zero-order valence-corrected chi connectivity index (χ0v) is 10.6. The zero-order valence-electron chi connectivity index (χ0n) is 10.6. The summed E-state index contributed by atoms with van der Waals surface area (Å²) in [5.74, 6) is 0. The number of hydrogen-bond acceptors (Lipinski definition) is 2. The van der Waals surface area contributed by atoms with E-state index in [1.807, 2.05) is 0 Å². The second-order valence-corrected chi connectivity index (χ2v) is 5.05. The number of likely N-dealkylation sites (N-methyl/N-ethyl adjacent to an activating group) is 1. The molecule has 0 aliphatic carbocycles. The molecule has 0 spiro atoms. The maximum atomic E-state index is 2.58. The molecule has 1 aromatic rings. The first kappa shape index (κ1) is 11.6. The molecule has 0 aromatic heterocycles. The van der Waals surface area contributed by atoms with E-state index in [0.29, 0.717) is 12.1 Å². The lowest BCUT2D eigenvalue weighted by Gasteiger charge is -2.42. The van der Waals surface area contributed by atoms with E-state index in [1.54, 1.807) is 0 Å². The van der Waals surface area contributed by atoms with Gasteiger partial charge in [-0.25, -0.2) is 0 Å². The van der Waals surface area contributed by atoms with Gasteiger partial charge in [-0.1, -0.05) is 30.3 Å². The summed E-state index contributed by atoms with van der Waals surface area (Å²) in [6, 6.07) is 12.1. The van der Waals surface area contributed by atoms with E-state index in [1.165, 1.54) is 18.7 Å². The van der Waals surface area contributed by atoms with Gasteiger partial charge in [-0.3, -0.25) is 4.90 Å². The second kappa shape index (κ2) is 4.98. The third-order valence-electron chi connectivity index (χ3n) is 3.66. The van der Waals surface area contributed by atoms with Crippen LogP contribution in [0.2, 0.25) is 0 Å². The highest BCUT2D eigenvalue weighted by Gasteiger charge is 2.26. The average Bonchev–Trinajstić information content (AvgIpc) is 2.27. The molecule has 0 amide bonds. The fourth-order valence-corrected chi connectivity index (χ4v) is 2.41. The van der Waals surface area contributed by atoms with Crippen molar-refractivity contribution in [3.8, 4) is 0 Å². The molecule has 0 saturated carbocycles. The molecule has 2 heteroatoms. The molecule has 0 N–H and O–H groups in total. The van der Waals surface area contributed by atoms with E-state index in [0.717, 1.165) is 6.54 Å². The number of hydrogen-bond donors (Lipinski definition) is 0. The first-order valence-electron chi connectivity index (χ1n) is 6.15. The van der Waals surface area contributed by atoms with Gasteiger partial charge in [0.15, 0.2) is 0 Å². The van der Waals surface area contributed by atoms with Gasteiger partial charge in [-0.15, -0.1) is 0 Å². The number of nitrogens with zero attached hydrogens (tertiary/aromatic N) is 2. The highest BCUT2D eigenvalue weighted by Crippen LogP contribution is 2.16. The molecule has 2 rings (SSSR count). The molecule has 1 aromatic carbocycles. The molecule has 0 bridgehead atoms. The van der Waals surface area contributed by atoms with Crippen LogP contribution in [-0.2, 0) is 6.54 Å². The van der Waals surface area contributed by atoms with Crippen LogP contribution in [0.5, 0.6) is 0 Å². The molecule has 1 heterocycles. The molecule has 2 nitrogen and oxygen atoms in total. The highest BCUT2D eigenvalue weighted by atomic mass is 15.3. The Morgan fingerprint density at radius 2 is 1.75 bits per heavy atom. The summed E-state index contributed by atoms with van der Waals surface area (Å²) in [5.41, 5.74) is 1.42. The second-order valence-electron chi connectivity index (χ2n) is 5.05. The molecular formula is C14H22N2. The van der Waals surface area contributed by atoms with Crippen LogP contribution in [0.15, 0.2) is 30.3 Å². The minimum Gasteiger partial charge on any atom is -0.301 e. The third kappa shape index (κ3) is 2.63. The smallest absolute Gasteiger partial charge is 0.0237 e. The van der Waals surface area contributed by atoms with E-state index in [9.17, 15) is 0 Å². The van der Waals surface area contributed by atoms with E-state index >= 15 is 0 Å². The average molecular weight is 218 g/mol. The van der Waals surface area contributed by atoms with Gasteiger partial charge < -0.3 is 4.90 Å². The van der Waals surface area contributed by atoms with Crippen LogP contribution in [0.25, 0.3) is 0 Å². The highest BCUT2D eigenvalue weighted by molar-refractivity contribution is 5.14. The Morgan fingerprint density at radius 1 is 1.06 bits per heavy atom. The molecule has 1 saturated heterocycles. The Bertz CT molecular complexity index is 323. The van der Waals surface area contributed by atoms with E-state index < -0.39 is 0 Å². The summed E-state index contributed by atoms with van der Waals surface area (Å²) in [4.78, 5) is 5.03. The van der Waals surface area contributed by atoms with Crippen LogP contribution in [0.4, 0.5) is 0 Å². The molecule has 1 aliphatic rings. The largest absolute Gasteiger partial charge is 0.301 e. The van der Waals surface area contributed by atoms with Crippen LogP contribution in [-0.4, -0.2) is 42.0 Å². The van der Waals surface area contributed by atoms with Gasteiger partial charge >= 0.3 is 0 Å². The SMILES string of the molecule is CC1CN(Cc2ccccc2)C(C)CN1C. The minimum atomic E-state index is 0.654. The number of piperazine rings is 1. The Labute approximate surface area is 98.9 Å². The van der Waals surface area contributed by atoms with Gasteiger partial charge in [0.2, 0.25) is 0 Å². The quantitative estimate of drug-likeness (QED) is 0.751. The molecule has 0 radical (unpaired) electrons. The van der Waals surface area contributed by atoms with Crippen molar-refractivity contribution in [1.82, 2.24) is 9.80 Å². The fourth-order valence-electron chi connectivity index (χ4n) is 2.41. The maximum absolute atomic E-state index is 2.58. The van der Waals surface area contributed by atoms with Crippen LogP contribution >= 0.6 is 0 Å². The van der Waals surface area contributed by atoms with E-state index in [4.69, 9.17) is 0 Å². The summed E-state index contributed by atoms with van der Waals surface area (Å²) < 4.78 is 0. The van der Waals surface area contributed by atoms with Crippen molar-refractivity contribution in [2.75, 3.05) is 20.1 Å². The van der Waals surface area contributed by atoms with Crippen molar-refractivity contribution >= 4 is 0 Å². The molecule has 2 unspecified atom stereocenters. The van der Waals surface area contributed by atoms with Crippen LogP contribution in [0, 0.1) is 0 Å². The normalized spacial score (nSPS) is 28.2. The fraction of sp³-hybridized carbons (Fsp3) is 0.571. The van der Waals surface area contributed by atoms with Gasteiger partial charge in [0.25, 0.3) is 0 Å². The van der Waals surface area contributed by atoms with Gasteiger partial charge in [0.05, 0.1) is 0 Å². The summed E-state index contributed by atoms with van der Waals surface area (Å²) in [6.07, 6.45) is 0. The summed E-state index contributed by atoms with van der Waals surface area (Å²) in [5, 5.41) is 0. The monoisotopic (exact) mass is 218 g/mol. The van der Waals surface area contributed by atoms with Crippen molar-refractivity contribution < 1.29 is 0 Å². The third-order valence-corrected chi connectivity index (χ3v) is 3.66. The molecule has 2 atom stereocenters. The Kier molecular flexibility index (Phi) is 3.62. The van der Waals surface area contributed by atoms with Gasteiger partial charge in [0.1, 0.15) is 0 Å². The zero-order chi connectivity index (χ0) is 11.5. The van der Waals surface area contributed by atoms with E-state index in [-0.39, 0.29) is 0 Å². The Hall–Kier alpha value is -0.860. The van der Waals surface area contributed by atoms with Gasteiger partial charge in [0, 0.05) is 31.7 Å². The summed E-state index contributed by atoms with van der Waals surface area (Å²) in [7, 11) is 2.22. The van der Waals surface area contributed by atoms with Crippen LogP contribution in [0.3, 0.4) is 0 Å². The summed E-state index contributed by atoms with van der Waals surface area (Å²) >= 11 is 0. The minimum absolute atomic E-state index is 0.654. The van der Waals surface area contributed by atoms with Crippen LogP contribution < -0.4 is 0 Å². The first-order valence-corrected chi connectivity index (χ1v) is 6.15. The van der Waals surface area contributed by atoms with Gasteiger partial charge in [-0.05, 0) is 26.5 Å². The Morgan fingerprint density at radius 3 is 2.44 bits per heavy atom. The predicted octanol–water partition coefficient (Wildman–Crippen LogP) is 2.21. The number of rotatable bonds is 2. The standard InChI is InChI=1S/C14H22N2/c1-12-10-16(13(2)9-15(12)3)11-14-7-5-4-6-8-14/h4-8,12-13H,9-11H2,1-3H3. The number of benzene rings is 1. The van der Waals surface area contributed by atoms with Crippen molar-refractivity contribution in [2.24, 2.45) is 0 Å².